The lowest BCUT2D eigenvalue weighted by atomic mass is 10.2. The number of carbonyl (C=O) groups excluding carboxylic acids is 1. The average Bonchev–Trinajstić information content (AvgIpc) is 2.58. The van der Waals surface area contributed by atoms with Crippen molar-refractivity contribution < 1.29 is 19.4 Å². The SMILES string of the molecule is COc1cc(OC)cc(C(=O)NN=Cc2cc(Br)cc(Br)c2O)c1. The molecule has 0 atom stereocenters. The molecule has 2 rings (SSSR count). The maximum atomic E-state index is 12.2. The van der Waals surface area contributed by atoms with E-state index in [-0.39, 0.29) is 5.75 Å². The monoisotopic (exact) mass is 456 g/mol. The number of carbonyl (C=O) groups is 1. The van der Waals surface area contributed by atoms with E-state index in [9.17, 15) is 9.90 Å². The lowest BCUT2D eigenvalue weighted by Crippen LogP contribution is -2.17. The van der Waals surface area contributed by atoms with E-state index < -0.39 is 5.91 Å². The van der Waals surface area contributed by atoms with Gasteiger partial charge in [-0.15, -0.1) is 0 Å². The molecule has 0 unspecified atom stereocenters. The number of aromatic hydroxyl groups is 1. The van der Waals surface area contributed by atoms with Crippen molar-refractivity contribution in [3.63, 3.8) is 0 Å². The van der Waals surface area contributed by atoms with Crippen LogP contribution in [0.15, 0.2) is 44.4 Å². The number of hydrazone groups is 1. The van der Waals surface area contributed by atoms with Crippen molar-refractivity contribution in [2.75, 3.05) is 14.2 Å². The van der Waals surface area contributed by atoms with Gasteiger partial charge in [0.2, 0.25) is 0 Å². The first kappa shape index (κ1) is 18.3. The number of nitrogens with zero attached hydrogens (tertiary/aromatic N) is 1. The summed E-state index contributed by atoms with van der Waals surface area (Å²) < 4.78 is 11.5. The third kappa shape index (κ3) is 4.48. The number of hydrogen-bond donors (Lipinski definition) is 2. The van der Waals surface area contributed by atoms with E-state index in [4.69, 9.17) is 9.47 Å². The normalized spacial score (nSPS) is 10.7. The fourth-order valence-corrected chi connectivity index (χ4v) is 3.11. The first-order valence-electron chi connectivity index (χ1n) is 6.69. The van der Waals surface area contributed by atoms with Gasteiger partial charge in [-0.3, -0.25) is 4.79 Å². The van der Waals surface area contributed by atoms with Crippen LogP contribution in [-0.4, -0.2) is 31.4 Å². The second kappa shape index (κ2) is 8.16. The fraction of sp³-hybridized carbons (Fsp3) is 0.125. The smallest absolute Gasteiger partial charge is 0.271 e. The van der Waals surface area contributed by atoms with Crippen LogP contribution in [-0.2, 0) is 0 Å². The Morgan fingerprint density at radius 1 is 1.12 bits per heavy atom. The number of phenolic OH excluding ortho intramolecular Hbond substituents is 1. The van der Waals surface area contributed by atoms with E-state index in [0.717, 1.165) is 4.47 Å². The summed E-state index contributed by atoms with van der Waals surface area (Å²) in [6.45, 7) is 0. The molecule has 0 heterocycles. The Morgan fingerprint density at radius 2 is 1.75 bits per heavy atom. The molecule has 0 spiro atoms. The molecule has 24 heavy (non-hydrogen) atoms. The molecular formula is C16H14Br2N2O4. The zero-order chi connectivity index (χ0) is 17.7. The molecule has 0 aliphatic heterocycles. The fourth-order valence-electron chi connectivity index (χ4n) is 1.85. The molecule has 0 fully saturated rings. The molecule has 0 radical (unpaired) electrons. The summed E-state index contributed by atoms with van der Waals surface area (Å²) in [6, 6.07) is 8.18. The van der Waals surface area contributed by atoms with Crippen LogP contribution in [0, 0.1) is 0 Å². The van der Waals surface area contributed by atoms with Gasteiger partial charge in [-0.1, -0.05) is 15.9 Å². The van der Waals surface area contributed by atoms with Gasteiger partial charge in [0.15, 0.2) is 0 Å². The van der Waals surface area contributed by atoms with Gasteiger partial charge in [0.05, 0.1) is 24.9 Å². The summed E-state index contributed by atoms with van der Waals surface area (Å²) in [5.74, 6) is 0.588. The summed E-state index contributed by atoms with van der Waals surface area (Å²) in [4.78, 5) is 12.2. The van der Waals surface area contributed by atoms with E-state index in [2.05, 4.69) is 42.4 Å². The van der Waals surface area contributed by atoms with Crippen LogP contribution in [0.1, 0.15) is 15.9 Å². The molecule has 0 saturated carbocycles. The first-order valence-corrected chi connectivity index (χ1v) is 8.27. The van der Waals surface area contributed by atoms with Crippen LogP contribution in [0.25, 0.3) is 0 Å². The van der Waals surface area contributed by atoms with Crippen molar-refractivity contribution in [1.82, 2.24) is 5.43 Å². The molecule has 0 saturated heterocycles. The van der Waals surface area contributed by atoms with E-state index in [1.165, 1.54) is 20.4 Å². The van der Waals surface area contributed by atoms with Crippen molar-refractivity contribution in [3.05, 3.63) is 50.4 Å². The van der Waals surface area contributed by atoms with Gasteiger partial charge < -0.3 is 14.6 Å². The number of nitrogens with one attached hydrogen (secondary N) is 1. The number of phenols is 1. The van der Waals surface area contributed by atoms with Gasteiger partial charge >= 0.3 is 0 Å². The van der Waals surface area contributed by atoms with E-state index >= 15 is 0 Å². The van der Waals surface area contributed by atoms with Crippen LogP contribution < -0.4 is 14.9 Å². The summed E-state index contributed by atoms with van der Waals surface area (Å²) >= 11 is 6.55. The Hall–Kier alpha value is -2.06. The number of hydrogen-bond acceptors (Lipinski definition) is 5. The second-order valence-electron chi connectivity index (χ2n) is 4.63. The quantitative estimate of drug-likeness (QED) is 0.530. The Balaban J connectivity index is 2.16. The third-order valence-corrected chi connectivity index (χ3v) is 4.10. The predicted octanol–water partition coefficient (Wildman–Crippen LogP) is 3.70. The van der Waals surface area contributed by atoms with Crippen LogP contribution in [0.4, 0.5) is 0 Å². The Bertz CT molecular complexity index is 772. The molecule has 0 bridgehead atoms. The summed E-state index contributed by atoms with van der Waals surface area (Å²) in [6.07, 6.45) is 1.35. The van der Waals surface area contributed by atoms with Crippen molar-refractivity contribution in [2.24, 2.45) is 5.10 Å². The zero-order valence-corrected chi connectivity index (χ0v) is 16.0. The van der Waals surface area contributed by atoms with Crippen molar-refractivity contribution in [2.45, 2.75) is 0 Å². The number of ether oxygens (including phenoxy) is 2. The molecule has 2 aromatic carbocycles. The molecule has 2 N–H and O–H groups in total. The minimum atomic E-state index is -0.433. The summed E-state index contributed by atoms with van der Waals surface area (Å²) in [5, 5.41) is 13.8. The highest BCUT2D eigenvalue weighted by Crippen LogP contribution is 2.30. The number of rotatable bonds is 5. The topological polar surface area (TPSA) is 80.2 Å². The van der Waals surface area contributed by atoms with Crippen LogP contribution in [0.2, 0.25) is 0 Å². The van der Waals surface area contributed by atoms with E-state index in [0.29, 0.717) is 27.1 Å². The minimum absolute atomic E-state index is 0.0271. The molecule has 6 nitrogen and oxygen atoms in total. The predicted molar refractivity (Wildman–Crippen MR) is 98.1 cm³/mol. The molecule has 0 aliphatic rings. The number of benzene rings is 2. The lowest BCUT2D eigenvalue weighted by molar-refractivity contribution is 0.0954. The number of methoxy groups -OCH3 is 2. The average molecular weight is 458 g/mol. The molecule has 2 aromatic rings. The zero-order valence-electron chi connectivity index (χ0n) is 12.8. The third-order valence-electron chi connectivity index (χ3n) is 3.04. The summed E-state index contributed by atoms with van der Waals surface area (Å²) in [5.41, 5.74) is 3.17. The number of halogens is 2. The van der Waals surface area contributed by atoms with Gasteiger partial charge in [0, 0.05) is 21.7 Å². The highest BCUT2D eigenvalue weighted by Gasteiger charge is 2.10. The van der Waals surface area contributed by atoms with E-state index in [1.807, 2.05) is 0 Å². The highest BCUT2D eigenvalue weighted by atomic mass is 79.9. The van der Waals surface area contributed by atoms with Crippen molar-refractivity contribution >= 4 is 44.0 Å². The molecule has 1 amide bonds. The number of amides is 1. The van der Waals surface area contributed by atoms with E-state index in [1.54, 1.807) is 30.3 Å². The molecule has 126 valence electrons. The molecule has 8 heteroatoms. The summed E-state index contributed by atoms with van der Waals surface area (Å²) in [7, 11) is 3.00. The standard InChI is InChI=1S/C16H14Br2N2O4/c1-23-12-4-9(5-13(7-12)24-2)16(22)20-19-8-10-3-11(17)6-14(18)15(10)21/h3-8,21H,1-2H3,(H,20,22). The van der Waals surface area contributed by atoms with Crippen LogP contribution >= 0.6 is 31.9 Å². The van der Waals surface area contributed by atoms with Gasteiger partial charge in [0.1, 0.15) is 17.2 Å². The lowest BCUT2D eigenvalue weighted by Gasteiger charge is -2.07. The van der Waals surface area contributed by atoms with Gasteiger partial charge in [-0.25, -0.2) is 5.43 Å². The van der Waals surface area contributed by atoms with Crippen LogP contribution in [0.3, 0.4) is 0 Å². The van der Waals surface area contributed by atoms with Gasteiger partial charge in [-0.2, -0.15) is 5.10 Å². The minimum Gasteiger partial charge on any atom is -0.506 e. The Kier molecular flexibility index (Phi) is 6.22. The molecule has 0 aliphatic carbocycles. The Morgan fingerprint density at radius 3 is 2.33 bits per heavy atom. The first-order chi connectivity index (χ1) is 11.4. The maximum absolute atomic E-state index is 12.2. The highest BCUT2D eigenvalue weighted by molar-refractivity contribution is 9.11. The largest absolute Gasteiger partial charge is 0.506 e. The molecular weight excluding hydrogens is 444 g/mol. The maximum Gasteiger partial charge on any atom is 0.271 e. The van der Waals surface area contributed by atoms with Gasteiger partial charge in [0.25, 0.3) is 5.91 Å². The Labute approximate surface area is 155 Å². The molecule has 0 aromatic heterocycles. The van der Waals surface area contributed by atoms with Crippen molar-refractivity contribution in [3.8, 4) is 17.2 Å². The second-order valence-corrected chi connectivity index (χ2v) is 6.40. The van der Waals surface area contributed by atoms with Gasteiger partial charge in [-0.05, 0) is 40.2 Å². The van der Waals surface area contributed by atoms with Crippen molar-refractivity contribution in [1.29, 1.82) is 0 Å². The van der Waals surface area contributed by atoms with Crippen LogP contribution in [0.5, 0.6) is 17.2 Å².